The molecule has 0 atom stereocenters. The molecule has 23 heavy (non-hydrogen) atoms. The number of carbonyl (C=O) groups is 1. The maximum absolute atomic E-state index is 12.0. The van der Waals surface area contributed by atoms with Crippen molar-refractivity contribution in [2.75, 3.05) is 0 Å². The second-order valence-electron chi connectivity index (χ2n) is 4.80. The first-order valence-electron chi connectivity index (χ1n) is 6.99. The summed E-state index contributed by atoms with van der Waals surface area (Å²) in [5.74, 6) is -0.574. The van der Waals surface area contributed by atoms with Gasteiger partial charge < -0.3 is 9.67 Å². The Hall–Kier alpha value is -2.54. The first-order chi connectivity index (χ1) is 11.1. The second-order valence-corrected chi connectivity index (χ2v) is 5.71. The highest BCUT2D eigenvalue weighted by molar-refractivity contribution is 9.10. The number of aromatic hydroxyl groups is 1. The van der Waals surface area contributed by atoms with Crippen LogP contribution in [-0.2, 0) is 6.54 Å². The summed E-state index contributed by atoms with van der Waals surface area (Å²) in [6.45, 7) is 2.49. The van der Waals surface area contributed by atoms with Crippen molar-refractivity contribution in [3.8, 4) is 5.88 Å². The Bertz CT molecular complexity index is 903. The van der Waals surface area contributed by atoms with Crippen LogP contribution in [0.15, 0.2) is 57.3 Å². The molecule has 0 unspecified atom stereocenters. The molecule has 0 aliphatic rings. The van der Waals surface area contributed by atoms with Crippen molar-refractivity contribution in [3.05, 3.63) is 52.8 Å². The molecule has 2 heterocycles. The van der Waals surface area contributed by atoms with Gasteiger partial charge in [0.2, 0.25) is 5.88 Å². The molecule has 0 saturated heterocycles. The van der Waals surface area contributed by atoms with E-state index in [9.17, 15) is 9.90 Å². The summed E-state index contributed by atoms with van der Waals surface area (Å²) in [6.07, 6.45) is 1.51. The topological polar surface area (TPSA) is 79.8 Å². The molecule has 0 bridgehead atoms. The molecule has 6 nitrogen and oxygen atoms in total. The zero-order valence-electron chi connectivity index (χ0n) is 12.3. The first kappa shape index (κ1) is 15.4. The molecular weight excluding hydrogens is 360 g/mol. The fourth-order valence-corrected chi connectivity index (χ4v) is 2.71. The number of aromatic nitrogens is 2. The molecule has 2 aromatic heterocycles. The fraction of sp³-hybridized carbons (Fsp3) is 0.125. The lowest BCUT2D eigenvalue weighted by Gasteiger charge is -2.01. The third-order valence-electron chi connectivity index (χ3n) is 3.41. The summed E-state index contributed by atoms with van der Waals surface area (Å²) >= 11 is 3.40. The Morgan fingerprint density at radius 2 is 2.17 bits per heavy atom. The average molecular weight is 373 g/mol. The highest BCUT2D eigenvalue weighted by atomic mass is 79.9. The lowest BCUT2D eigenvalue weighted by atomic mass is 10.2. The molecule has 1 N–H and O–H groups in total. The number of nitrogens with zero attached hydrogens (tertiary/aromatic N) is 4. The quantitative estimate of drug-likeness (QED) is 0.689. The van der Waals surface area contributed by atoms with Gasteiger partial charge in [-0.05, 0) is 37.3 Å². The van der Waals surface area contributed by atoms with Crippen LogP contribution in [0.2, 0.25) is 0 Å². The van der Waals surface area contributed by atoms with E-state index in [0.717, 1.165) is 15.4 Å². The van der Waals surface area contributed by atoms with Crippen molar-refractivity contribution < 1.29 is 9.90 Å². The molecule has 116 valence electrons. The maximum atomic E-state index is 12.0. The van der Waals surface area contributed by atoms with Gasteiger partial charge in [-0.25, -0.2) is 0 Å². The standard InChI is InChI=1S/C16H13BrN4O2/c1-2-21-13-7-6-10(17)9-11(13)14(16(21)23)19-20-15(22)12-5-3-4-8-18-12/h3-9,23H,2H2,1H3. The lowest BCUT2D eigenvalue weighted by Crippen LogP contribution is -1.96. The molecular formula is C16H13BrN4O2. The number of hydrogen-bond acceptors (Lipinski definition) is 4. The molecule has 3 rings (SSSR count). The number of fused-ring (bicyclic) bond motifs is 1. The van der Waals surface area contributed by atoms with Crippen LogP contribution in [0.1, 0.15) is 17.4 Å². The number of carbonyl (C=O) groups excluding carboxylic acids is 1. The number of hydrogen-bond donors (Lipinski definition) is 1. The number of benzene rings is 1. The summed E-state index contributed by atoms with van der Waals surface area (Å²) in [5.41, 5.74) is 1.30. The van der Waals surface area contributed by atoms with Gasteiger partial charge in [-0.3, -0.25) is 9.78 Å². The third-order valence-corrected chi connectivity index (χ3v) is 3.91. The normalized spacial score (nSPS) is 11.4. The van der Waals surface area contributed by atoms with Gasteiger partial charge in [-0.2, -0.15) is 0 Å². The van der Waals surface area contributed by atoms with Crippen molar-refractivity contribution in [1.82, 2.24) is 9.55 Å². The van der Waals surface area contributed by atoms with Crippen LogP contribution >= 0.6 is 15.9 Å². The van der Waals surface area contributed by atoms with Crippen LogP contribution in [0.5, 0.6) is 5.88 Å². The minimum Gasteiger partial charge on any atom is -0.493 e. The smallest absolute Gasteiger partial charge is 0.313 e. The third kappa shape index (κ3) is 2.87. The molecule has 0 saturated carbocycles. The number of azo groups is 1. The fourth-order valence-electron chi connectivity index (χ4n) is 2.35. The van der Waals surface area contributed by atoms with E-state index in [1.807, 2.05) is 25.1 Å². The van der Waals surface area contributed by atoms with E-state index in [1.165, 1.54) is 6.20 Å². The summed E-state index contributed by atoms with van der Waals surface area (Å²) in [4.78, 5) is 15.9. The summed E-state index contributed by atoms with van der Waals surface area (Å²) in [7, 11) is 0. The van der Waals surface area contributed by atoms with E-state index >= 15 is 0 Å². The van der Waals surface area contributed by atoms with Crippen LogP contribution < -0.4 is 0 Å². The summed E-state index contributed by atoms with van der Waals surface area (Å²) in [6, 6.07) is 10.6. The van der Waals surface area contributed by atoms with Crippen LogP contribution in [0.3, 0.4) is 0 Å². The highest BCUT2D eigenvalue weighted by Crippen LogP contribution is 2.40. The Labute approximate surface area is 140 Å². The van der Waals surface area contributed by atoms with Crippen molar-refractivity contribution in [1.29, 1.82) is 0 Å². The monoisotopic (exact) mass is 372 g/mol. The Morgan fingerprint density at radius 3 is 2.87 bits per heavy atom. The number of amides is 1. The van der Waals surface area contributed by atoms with Gasteiger partial charge in [0.15, 0.2) is 5.69 Å². The van der Waals surface area contributed by atoms with E-state index in [0.29, 0.717) is 6.54 Å². The van der Waals surface area contributed by atoms with Crippen LogP contribution in [-0.4, -0.2) is 20.6 Å². The first-order valence-corrected chi connectivity index (χ1v) is 7.79. The van der Waals surface area contributed by atoms with Gasteiger partial charge in [-0.1, -0.05) is 22.0 Å². The summed E-state index contributed by atoms with van der Waals surface area (Å²) < 4.78 is 2.56. The average Bonchev–Trinajstić information content (AvgIpc) is 2.83. The van der Waals surface area contributed by atoms with Gasteiger partial charge in [-0.15, -0.1) is 10.2 Å². The zero-order chi connectivity index (χ0) is 16.4. The Balaban J connectivity index is 2.06. The van der Waals surface area contributed by atoms with Crippen molar-refractivity contribution in [2.24, 2.45) is 10.2 Å². The van der Waals surface area contributed by atoms with Crippen LogP contribution in [0.25, 0.3) is 10.9 Å². The van der Waals surface area contributed by atoms with E-state index in [-0.39, 0.29) is 17.3 Å². The zero-order valence-corrected chi connectivity index (χ0v) is 13.9. The molecule has 7 heteroatoms. The minimum absolute atomic E-state index is 0.0156. The molecule has 0 fully saturated rings. The number of rotatable bonds is 3. The summed E-state index contributed by atoms with van der Waals surface area (Å²) in [5, 5.41) is 18.7. The minimum atomic E-state index is -0.558. The van der Waals surface area contributed by atoms with Gasteiger partial charge in [0.25, 0.3) is 0 Å². The lowest BCUT2D eigenvalue weighted by molar-refractivity contribution is 0.0990. The maximum Gasteiger partial charge on any atom is 0.313 e. The predicted molar refractivity (Wildman–Crippen MR) is 90.1 cm³/mol. The molecule has 3 aromatic rings. The van der Waals surface area contributed by atoms with Crippen LogP contribution in [0, 0.1) is 0 Å². The number of aryl methyl sites for hydroxylation is 1. The SMILES string of the molecule is CCn1c(O)c(N=NC(=O)c2ccccn2)c2cc(Br)ccc21. The van der Waals surface area contributed by atoms with Gasteiger partial charge >= 0.3 is 5.91 Å². The van der Waals surface area contributed by atoms with Gasteiger partial charge in [0.1, 0.15) is 5.69 Å². The Morgan fingerprint density at radius 1 is 1.35 bits per heavy atom. The van der Waals surface area contributed by atoms with Gasteiger partial charge in [0.05, 0.1) is 5.52 Å². The predicted octanol–water partition coefficient (Wildman–Crippen LogP) is 4.45. The Kier molecular flexibility index (Phi) is 4.20. The molecule has 0 aliphatic carbocycles. The second kappa shape index (κ2) is 6.29. The number of pyridine rings is 1. The highest BCUT2D eigenvalue weighted by Gasteiger charge is 2.16. The van der Waals surface area contributed by atoms with Crippen molar-refractivity contribution >= 4 is 38.4 Å². The van der Waals surface area contributed by atoms with E-state index in [2.05, 4.69) is 31.1 Å². The molecule has 0 spiro atoms. The largest absolute Gasteiger partial charge is 0.493 e. The van der Waals surface area contributed by atoms with E-state index in [4.69, 9.17) is 0 Å². The van der Waals surface area contributed by atoms with Crippen molar-refractivity contribution in [2.45, 2.75) is 13.5 Å². The van der Waals surface area contributed by atoms with Crippen LogP contribution in [0.4, 0.5) is 5.69 Å². The molecule has 0 radical (unpaired) electrons. The van der Waals surface area contributed by atoms with E-state index < -0.39 is 5.91 Å². The number of halogens is 1. The van der Waals surface area contributed by atoms with Gasteiger partial charge in [0, 0.05) is 22.6 Å². The van der Waals surface area contributed by atoms with Crippen molar-refractivity contribution in [3.63, 3.8) is 0 Å². The molecule has 1 aromatic carbocycles. The molecule has 1 amide bonds. The molecule has 0 aliphatic heterocycles. The van der Waals surface area contributed by atoms with E-state index in [1.54, 1.807) is 22.8 Å².